The number of carbonyl (C=O) groups excluding carboxylic acids is 1. The van der Waals surface area contributed by atoms with Crippen LogP contribution in [0.15, 0.2) is 35.6 Å². The van der Waals surface area contributed by atoms with E-state index in [-0.39, 0.29) is 11.8 Å². The first-order chi connectivity index (χ1) is 8.97. The number of hydrogen-bond acceptors (Lipinski definition) is 3. The first-order valence-corrected chi connectivity index (χ1v) is 6.44. The van der Waals surface area contributed by atoms with Crippen molar-refractivity contribution in [3.8, 4) is 0 Å². The minimum absolute atomic E-state index is 0.143. The Labute approximate surface area is 117 Å². The van der Waals surface area contributed by atoms with E-state index < -0.39 is 0 Å². The predicted octanol–water partition coefficient (Wildman–Crippen LogP) is 3.15. The standard InChI is InChI=1S/C14H16ClN3O/c1-8-6-9(2)17-18-14(8)11-4-5-13(12(15)7-11)16-10(3)19/h4-5,7-8,17H,2,6H2,1,3H3,(H,16,19)/t8-/m1/s1. The fourth-order valence-electron chi connectivity index (χ4n) is 2.08. The van der Waals surface area contributed by atoms with Gasteiger partial charge in [0.05, 0.1) is 16.4 Å². The van der Waals surface area contributed by atoms with Crippen LogP contribution in [0.25, 0.3) is 0 Å². The molecule has 0 bridgehead atoms. The van der Waals surface area contributed by atoms with Gasteiger partial charge in [-0.1, -0.05) is 31.2 Å². The monoisotopic (exact) mass is 277 g/mol. The molecule has 19 heavy (non-hydrogen) atoms. The second-order valence-corrected chi connectivity index (χ2v) is 5.10. The van der Waals surface area contributed by atoms with Crippen molar-refractivity contribution in [1.82, 2.24) is 5.43 Å². The highest BCUT2D eigenvalue weighted by Crippen LogP contribution is 2.26. The molecule has 0 aromatic heterocycles. The Morgan fingerprint density at radius 3 is 2.89 bits per heavy atom. The summed E-state index contributed by atoms with van der Waals surface area (Å²) in [7, 11) is 0. The van der Waals surface area contributed by atoms with E-state index in [2.05, 4.69) is 29.3 Å². The third-order valence-electron chi connectivity index (χ3n) is 2.93. The second-order valence-electron chi connectivity index (χ2n) is 4.69. The van der Waals surface area contributed by atoms with Crippen molar-refractivity contribution in [2.24, 2.45) is 11.0 Å². The Morgan fingerprint density at radius 2 is 2.32 bits per heavy atom. The van der Waals surface area contributed by atoms with Crippen LogP contribution in [-0.4, -0.2) is 11.6 Å². The van der Waals surface area contributed by atoms with E-state index in [9.17, 15) is 4.79 Å². The van der Waals surface area contributed by atoms with Gasteiger partial charge >= 0.3 is 0 Å². The van der Waals surface area contributed by atoms with Gasteiger partial charge in [-0.25, -0.2) is 0 Å². The maximum absolute atomic E-state index is 11.0. The van der Waals surface area contributed by atoms with E-state index in [0.717, 1.165) is 23.4 Å². The molecule has 2 N–H and O–H groups in total. The van der Waals surface area contributed by atoms with Gasteiger partial charge in [0.1, 0.15) is 0 Å². The SMILES string of the molecule is C=C1C[C@@H](C)C(c2ccc(NC(C)=O)c(Cl)c2)=NN1. The molecule has 0 radical (unpaired) electrons. The molecule has 1 aromatic carbocycles. The van der Waals surface area contributed by atoms with Crippen LogP contribution in [0.3, 0.4) is 0 Å². The average molecular weight is 278 g/mol. The van der Waals surface area contributed by atoms with Crippen LogP contribution in [0.2, 0.25) is 5.02 Å². The zero-order valence-electron chi connectivity index (χ0n) is 11.0. The molecule has 0 saturated carbocycles. The van der Waals surface area contributed by atoms with E-state index in [4.69, 9.17) is 11.6 Å². The molecule has 0 saturated heterocycles. The number of carbonyl (C=O) groups is 1. The highest BCUT2D eigenvalue weighted by Gasteiger charge is 2.19. The number of halogens is 1. The van der Waals surface area contributed by atoms with Crippen molar-refractivity contribution in [3.05, 3.63) is 41.1 Å². The van der Waals surface area contributed by atoms with Gasteiger partial charge in [-0.15, -0.1) is 0 Å². The highest BCUT2D eigenvalue weighted by molar-refractivity contribution is 6.34. The van der Waals surface area contributed by atoms with Crippen LogP contribution >= 0.6 is 11.6 Å². The van der Waals surface area contributed by atoms with Gasteiger partial charge in [-0.2, -0.15) is 5.10 Å². The zero-order chi connectivity index (χ0) is 14.0. The van der Waals surface area contributed by atoms with Crippen LogP contribution in [-0.2, 0) is 4.79 Å². The summed E-state index contributed by atoms with van der Waals surface area (Å²) in [4.78, 5) is 11.0. The van der Waals surface area contributed by atoms with Gasteiger partial charge in [0.2, 0.25) is 5.91 Å². The molecule has 1 aliphatic heterocycles. The number of hydrazone groups is 1. The smallest absolute Gasteiger partial charge is 0.221 e. The van der Waals surface area contributed by atoms with Crippen molar-refractivity contribution < 1.29 is 4.79 Å². The van der Waals surface area contributed by atoms with Crippen molar-refractivity contribution >= 4 is 28.9 Å². The van der Waals surface area contributed by atoms with Crippen LogP contribution in [0.1, 0.15) is 25.8 Å². The first kappa shape index (κ1) is 13.6. The molecule has 1 heterocycles. The lowest BCUT2D eigenvalue weighted by Gasteiger charge is -2.22. The number of nitrogens with one attached hydrogen (secondary N) is 2. The van der Waals surface area contributed by atoms with Gasteiger partial charge in [0.25, 0.3) is 0 Å². The van der Waals surface area contributed by atoms with Crippen LogP contribution in [0, 0.1) is 5.92 Å². The molecular weight excluding hydrogens is 262 g/mol. The minimum atomic E-state index is -0.143. The summed E-state index contributed by atoms with van der Waals surface area (Å²) in [6.07, 6.45) is 0.851. The van der Waals surface area contributed by atoms with Crippen molar-refractivity contribution in [2.45, 2.75) is 20.3 Å². The molecule has 1 aromatic rings. The fraction of sp³-hybridized carbons (Fsp3) is 0.286. The highest BCUT2D eigenvalue weighted by atomic mass is 35.5. The number of anilines is 1. The average Bonchev–Trinajstić information content (AvgIpc) is 2.31. The second kappa shape index (κ2) is 5.45. The predicted molar refractivity (Wildman–Crippen MR) is 78.3 cm³/mol. The molecule has 1 atom stereocenters. The maximum Gasteiger partial charge on any atom is 0.221 e. The quantitative estimate of drug-likeness (QED) is 0.872. The lowest BCUT2D eigenvalue weighted by molar-refractivity contribution is -0.114. The Balaban J connectivity index is 2.29. The molecule has 1 aliphatic rings. The summed E-state index contributed by atoms with van der Waals surface area (Å²) in [5, 5.41) is 7.50. The number of hydrogen-bond donors (Lipinski definition) is 2. The lowest BCUT2D eigenvalue weighted by atomic mass is 9.93. The van der Waals surface area contributed by atoms with Crippen LogP contribution < -0.4 is 10.7 Å². The Morgan fingerprint density at radius 1 is 1.58 bits per heavy atom. The third-order valence-corrected chi connectivity index (χ3v) is 3.24. The van der Waals surface area contributed by atoms with Gasteiger partial charge in [-0.05, 0) is 24.1 Å². The zero-order valence-corrected chi connectivity index (χ0v) is 11.7. The van der Waals surface area contributed by atoms with E-state index in [1.807, 2.05) is 12.1 Å². The summed E-state index contributed by atoms with van der Waals surface area (Å²) in [6, 6.07) is 5.51. The Hall–Kier alpha value is -1.81. The molecular formula is C14H16ClN3O. The summed E-state index contributed by atoms with van der Waals surface area (Å²) in [5.41, 5.74) is 6.33. The Kier molecular flexibility index (Phi) is 3.90. The molecule has 100 valence electrons. The molecule has 4 nitrogen and oxygen atoms in total. The van der Waals surface area contributed by atoms with Crippen LogP contribution in [0.5, 0.6) is 0 Å². The summed E-state index contributed by atoms with van der Waals surface area (Å²) in [5.74, 6) is 0.146. The van der Waals surface area contributed by atoms with Gasteiger partial charge in [0, 0.05) is 18.5 Å². The Bertz CT molecular complexity index is 566. The van der Waals surface area contributed by atoms with Crippen molar-refractivity contribution in [2.75, 3.05) is 5.32 Å². The third kappa shape index (κ3) is 3.15. The van der Waals surface area contributed by atoms with Gasteiger partial charge in [0.15, 0.2) is 0 Å². The summed E-state index contributed by atoms with van der Waals surface area (Å²) < 4.78 is 0. The molecule has 1 amide bonds. The summed E-state index contributed by atoms with van der Waals surface area (Å²) in [6.45, 7) is 7.41. The largest absolute Gasteiger partial charge is 0.325 e. The number of benzene rings is 1. The van der Waals surface area contributed by atoms with E-state index in [0.29, 0.717) is 10.7 Å². The normalized spacial score (nSPS) is 18.6. The molecule has 0 unspecified atom stereocenters. The molecule has 2 rings (SSSR count). The van der Waals surface area contributed by atoms with E-state index in [1.54, 1.807) is 6.07 Å². The van der Waals surface area contributed by atoms with Crippen molar-refractivity contribution in [1.29, 1.82) is 0 Å². The topological polar surface area (TPSA) is 53.5 Å². The van der Waals surface area contributed by atoms with E-state index in [1.165, 1.54) is 6.92 Å². The molecule has 0 fully saturated rings. The lowest BCUT2D eigenvalue weighted by Crippen LogP contribution is -2.25. The molecule has 5 heteroatoms. The van der Waals surface area contributed by atoms with Gasteiger partial charge in [-0.3, -0.25) is 10.2 Å². The van der Waals surface area contributed by atoms with Crippen LogP contribution in [0.4, 0.5) is 5.69 Å². The summed E-state index contributed by atoms with van der Waals surface area (Å²) >= 11 is 6.16. The number of nitrogens with zero attached hydrogens (tertiary/aromatic N) is 1. The first-order valence-electron chi connectivity index (χ1n) is 6.06. The molecule has 0 aliphatic carbocycles. The fourth-order valence-corrected chi connectivity index (χ4v) is 2.30. The van der Waals surface area contributed by atoms with Gasteiger partial charge < -0.3 is 5.32 Å². The molecule has 0 spiro atoms. The van der Waals surface area contributed by atoms with Crippen molar-refractivity contribution in [3.63, 3.8) is 0 Å². The number of rotatable bonds is 2. The number of allylic oxidation sites excluding steroid dienone is 1. The number of amides is 1. The van der Waals surface area contributed by atoms with E-state index >= 15 is 0 Å². The minimum Gasteiger partial charge on any atom is -0.325 e. The maximum atomic E-state index is 11.0.